The van der Waals surface area contributed by atoms with Crippen LogP contribution in [0.5, 0.6) is 0 Å². The molecule has 2 saturated heterocycles. The van der Waals surface area contributed by atoms with Gasteiger partial charge in [0.1, 0.15) is 0 Å². The summed E-state index contributed by atoms with van der Waals surface area (Å²) in [6.07, 6.45) is 1.48. The number of hydrogen-bond acceptors (Lipinski definition) is 4. The monoisotopic (exact) mass is 228 g/mol. The molecule has 1 unspecified atom stereocenters. The van der Waals surface area contributed by atoms with Crippen LogP contribution in [0.25, 0.3) is 0 Å². The highest BCUT2D eigenvalue weighted by atomic mass is 16.5. The molecule has 1 atom stereocenters. The van der Waals surface area contributed by atoms with Crippen LogP contribution in [0.15, 0.2) is 0 Å². The van der Waals surface area contributed by atoms with Gasteiger partial charge in [0.25, 0.3) is 0 Å². The molecule has 0 aromatic carbocycles. The van der Waals surface area contributed by atoms with Crippen LogP contribution in [0.1, 0.15) is 12.8 Å². The summed E-state index contributed by atoms with van der Waals surface area (Å²) < 4.78 is 10.9. The number of carbonyl (C=O) groups excluding carboxylic acids is 1. The van der Waals surface area contributed by atoms with Crippen LogP contribution in [0.3, 0.4) is 0 Å². The molecule has 0 radical (unpaired) electrons. The molecule has 16 heavy (non-hydrogen) atoms. The van der Waals surface area contributed by atoms with Crippen LogP contribution in [0.4, 0.5) is 0 Å². The Balaban J connectivity index is 1.76. The van der Waals surface area contributed by atoms with Gasteiger partial charge < -0.3 is 19.7 Å². The third-order valence-corrected chi connectivity index (χ3v) is 2.98. The number of hydrogen-bond donors (Lipinski definition) is 1. The van der Waals surface area contributed by atoms with E-state index in [9.17, 15) is 4.79 Å². The molecule has 0 aliphatic carbocycles. The third kappa shape index (κ3) is 3.43. The summed E-state index contributed by atoms with van der Waals surface area (Å²) in [7, 11) is 0. The lowest BCUT2D eigenvalue weighted by Crippen LogP contribution is -2.43. The van der Waals surface area contributed by atoms with E-state index in [-0.39, 0.29) is 12.0 Å². The number of nitrogens with one attached hydrogen (secondary N) is 1. The van der Waals surface area contributed by atoms with Gasteiger partial charge in [0.2, 0.25) is 5.91 Å². The Morgan fingerprint density at radius 1 is 1.31 bits per heavy atom. The summed E-state index contributed by atoms with van der Waals surface area (Å²) in [6.45, 7) is 5.36. The van der Waals surface area contributed by atoms with E-state index >= 15 is 0 Å². The first-order valence-corrected chi connectivity index (χ1v) is 6.04. The van der Waals surface area contributed by atoms with Gasteiger partial charge in [-0.2, -0.15) is 0 Å². The molecule has 1 amide bonds. The highest BCUT2D eigenvalue weighted by Gasteiger charge is 2.22. The molecule has 92 valence electrons. The van der Waals surface area contributed by atoms with Crippen LogP contribution in [0.2, 0.25) is 0 Å². The SMILES string of the molecule is O=C(CC1CNCCO1)N1CCCOCC1. The summed E-state index contributed by atoms with van der Waals surface area (Å²) in [5, 5.41) is 3.24. The first-order chi connectivity index (χ1) is 7.86. The van der Waals surface area contributed by atoms with Crippen molar-refractivity contribution in [3.05, 3.63) is 0 Å². The number of morpholine rings is 1. The van der Waals surface area contributed by atoms with Crippen molar-refractivity contribution in [2.24, 2.45) is 0 Å². The van der Waals surface area contributed by atoms with Gasteiger partial charge in [-0.3, -0.25) is 4.79 Å². The number of rotatable bonds is 2. The molecule has 0 bridgehead atoms. The lowest BCUT2D eigenvalue weighted by atomic mass is 10.2. The molecule has 2 heterocycles. The smallest absolute Gasteiger partial charge is 0.225 e. The summed E-state index contributed by atoms with van der Waals surface area (Å²) in [5.74, 6) is 0.194. The Labute approximate surface area is 96.1 Å². The quantitative estimate of drug-likeness (QED) is 0.699. The minimum atomic E-state index is 0.0467. The van der Waals surface area contributed by atoms with Crippen LogP contribution >= 0.6 is 0 Å². The van der Waals surface area contributed by atoms with Crippen LogP contribution in [-0.2, 0) is 14.3 Å². The van der Waals surface area contributed by atoms with E-state index in [1.807, 2.05) is 4.90 Å². The minimum absolute atomic E-state index is 0.0467. The van der Waals surface area contributed by atoms with Crippen molar-refractivity contribution >= 4 is 5.91 Å². The first kappa shape index (κ1) is 11.8. The average molecular weight is 228 g/mol. The maximum absolute atomic E-state index is 12.0. The molecule has 5 nitrogen and oxygen atoms in total. The second-order valence-electron chi connectivity index (χ2n) is 4.25. The average Bonchev–Trinajstić information content (AvgIpc) is 2.59. The predicted octanol–water partition coefficient (Wildman–Crippen LogP) is -0.386. The minimum Gasteiger partial charge on any atom is -0.380 e. The normalized spacial score (nSPS) is 27.5. The fourth-order valence-corrected chi connectivity index (χ4v) is 2.07. The van der Waals surface area contributed by atoms with Gasteiger partial charge in [-0.25, -0.2) is 0 Å². The van der Waals surface area contributed by atoms with Crippen molar-refractivity contribution in [1.29, 1.82) is 0 Å². The predicted molar refractivity (Wildman–Crippen MR) is 59.2 cm³/mol. The van der Waals surface area contributed by atoms with Gasteiger partial charge in [-0.15, -0.1) is 0 Å². The Kier molecular flexibility index (Phi) is 4.56. The molecular weight excluding hydrogens is 208 g/mol. The van der Waals surface area contributed by atoms with Gasteiger partial charge in [-0.1, -0.05) is 0 Å². The summed E-state index contributed by atoms with van der Waals surface area (Å²) in [4.78, 5) is 13.9. The van der Waals surface area contributed by atoms with Crippen molar-refractivity contribution in [3.63, 3.8) is 0 Å². The molecule has 0 saturated carbocycles. The molecule has 2 aliphatic heterocycles. The van der Waals surface area contributed by atoms with E-state index in [0.29, 0.717) is 19.6 Å². The highest BCUT2D eigenvalue weighted by Crippen LogP contribution is 2.07. The van der Waals surface area contributed by atoms with Crippen molar-refractivity contribution in [1.82, 2.24) is 10.2 Å². The van der Waals surface area contributed by atoms with Crippen molar-refractivity contribution in [2.75, 3.05) is 46.0 Å². The van der Waals surface area contributed by atoms with Gasteiger partial charge in [-0.05, 0) is 6.42 Å². The molecule has 2 rings (SSSR count). The van der Waals surface area contributed by atoms with Crippen molar-refractivity contribution in [3.8, 4) is 0 Å². The molecule has 0 spiro atoms. The second kappa shape index (κ2) is 6.18. The number of carbonyl (C=O) groups is 1. The largest absolute Gasteiger partial charge is 0.380 e. The summed E-state index contributed by atoms with van der Waals surface area (Å²) >= 11 is 0. The molecular formula is C11H20N2O3. The van der Waals surface area contributed by atoms with Crippen LogP contribution in [0, 0.1) is 0 Å². The van der Waals surface area contributed by atoms with Gasteiger partial charge in [0.05, 0.1) is 25.7 Å². The maximum Gasteiger partial charge on any atom is 0.225 e. The van der Waals surface area contributed by atoms with E-state index in [4.69, 9.17) is 9.47 Å². The Bertz CT molecular complexity index is 221. The lowest BCUT2D eigenvalue weighted by molar-refractivity contribution is -0.134. The molecule has 2 aliphatic rings. The number of ether oxygens (including phenoxy) is 2. The van der Waals surface area contributed by atoms with Gasteiger partial charge in [0.15, 0.2) is 0 Å². The Hall–Kier alpha value is -0.650. The zero-order valence-electron chi connectivity index (χ0n) is 9.61. The maximum atomic E-state index is 12.0. The Morgan fingerprint density at radius 2 is 2.25 bits per heavy atom. The van der Waals surface area contributed by atoms with Crippen LogP contribution < -0.4 is 5.32 Å². The van der Waals surface area contributed by atoms with E-state index < -0.39 is 0 Å². The molecule has 1 N–H and O–H groups in total. The van der Waals surface area contributed by atoms with Gasteiger partial charge in [0, 0.05) is 32.8 Å². The lowest BCUT2D eigenvalue weighted by Gasteiger charge is -2.26. The van der Waals surface area contributed by atoms with Crippen molar-refractivity contribution in [2.45, 2.75) is 18.9 Å². The Morgan fingerprint density at radius 3 is 3.06 bits per heavy atom. The highest BCUT2D eigenvalue weighted by molar-refractivity contribution is 5.76. The first-order valence-electron chi connectivity index (χ1n) is 6.04. The summed E-state index contributed by atoms with van der Waals surface area (Å²) in [5.41, 5.74) is 0. The third-order valence-electron chi connectivity index (χ3n) is 2.98. The zero-order valence-corrected chi connectivity index (χ0v) is 9.61. The van der Waals surface area contributed by atoms with E-state index in [0.717, 1.165) is 39.2 Å². The van der Waals surface area contributed by atoms with E-state index in [2.05, 4.69) is 5.32 Å². The molecule has 2 fully saturated rings. The zero-order chi connectivity index (χ0) is 11.2. The van der Waals surface area contributed by atoms with Crippen LogP contribution in [-0.4, -0.2) is 62.9 Å². The molecule has 0 aromatic rings. The second-order valence-corrected chi connectivity index (χ2v) is 4.25. The number of nitrogens with zero attached hydrogens (tertiary/aromatic N) is 1. The van der Waals surface area contributed by atoms with E-state index in [1.54, 1.807) is 0 Å². The fourth-order valence-electron chi connectivity index (χ4n) is 2.07. The van der Waals surface area contributed by atoms with Gasteiger partial charge >= 0.3 is 0 Å². The standard InChI is InChI=1S/C11H20N2O3/c14-11(8-10-9-12-2-6-16-10)13-3-1-5-15-7-4-13/h10,12H,1-9H2. The van der Waals surface area contributed by atoms with E-state index in [1.165, 1.54) is 0 Å². The topological polar surface area (TPSA) is 50.8 Å². The molecule has 5 heteroatoms. The fraction of sp³-hybridized carbons (Fsp3) is 0.909. The number of amides is 1. The molecule has 0 aromatic heterocycles. The summed E-state index contributed by atoms with van der Waals surface area (Å²) in [6, 6.07) is 0. The van der Waals surface area contributed by atoms with Crippen molar-refractivity contribution < 1.29 is 14.3 Å².